The van der Waals surface area contributed by atoms with Gasteiger partial charge < -0.3 is 10.0 Å². The van der Waals surface area contributed by atoms with Gasteiger partial charge >= 0.3 is 0 Å². The lowest BCUT2D eigenvalue weighted by Crippen LogP contribution is -2.39. The van der Waals surface area contributed by atoms with Crippen molar-refractivity contribution in [3.63, 3.8) is 0 Å². The topological polar surface area (TPSA) is 23.5 Å². The molecule has 1 saturated heterocycles. The zero-order valence-corrected chi connectivity index (χ0v) is 10.8. The Bertz CT molecular complexity index is 413. The van der Waals surface area contributed by atoms with E-state index in [-0.39, 0.29) is 17.9 Å². The van der Waals surface area contributed by atoms with Crippen molar-refractivity contribution in [1.82, 2.24) is 0 Å². The third kappa shape index (κ3) is 2.48. The fourth-order valence-corrected chi connectivity index (χ4v) is 2.48. The molecule has 1 aromatic rings. The lowest BCUT2D eigenvalue weighted by atomic mass is 9.88. The first-order valence-corrected chi connectivity index (χ1v) is 6.36. The summed E-state index contributed by atoms with van der Waals surface area (Å²) in [5.41, 5.74) is 0.318. The Morgan fingerprint density at radius 1 is 1.22 bits per heavy atom. The summed E-state index contributed by atoms with van der Waals surface area (Å²) >= 11 is 0. The Balaban J connectivity index is 2.28. The largest absolute Gasteiger partial charge is 0.392 e. The number of nitrogens with zero attached hydrogens (tertiary/aromatic N) is 1. The van der Waals surface area contributed by atoms with Gasteiger partial charge in [-0.3, -0.25) is 0 Å². The van der Waals surface area contributed by atoms with Crippen molar-refractivity contribution in [3.8, 4) is 0 Å². The van der Waals surface area contributed by atoms with Gasteiger partial charge in [0.1, 0.15) is 17.3 Å². The van der Waals surface area contributed by atoms with Crippen LogP contribution in [0, 0.1) is 23.5 Å². The van der Waals surface area contributed by atoms with Crippen LogP contribution in [0.3, 0.4) is 0 Å². The van der Waals surface area contributed by atoms with Crippen molar-refractivity contribution in [1.29, 1.82) is 0 Å². The molecule has 100 valence electrons. The Morgan fingerprint density at radius 3 is 2.33 bits per heavy atom. The molecule has 1 aromatic carbocycles. The van der Waals surface area contributed by atoms with E-state index < -0.39 is 11.6 Å². The summed E-state index contributed by atoms with van der Waals surface area (Å²) in [6.45, 7) is 5.28. The summed E-state index contributed by atoms with van der Waals surface area (Å²) in [5.74, 6) is -0.152. The Hall–Kier alpha value is -1.16. The second-order valence-electron chi connectivity index (χ2n) is 5.26. The summed E-state index contributed by atoms with van der Waals surface area (Å²) in [6, 6.07) is 2.42. The average molecular weight is 255 g/mol. The minimum atomic E-state index is -0.583. The van der Waals surface area contributed by atoms with E-state index in [4.69, 9.17) is 5.11 Å². The Labute approximate surface area is 106 Å². The van der Waals surface area contributed by atoms with Crippen molar-refractivity contribution in [2.24, 2.45) is 11.8 Å². The predicted octanol–water partition coefficient (Wildman–Crippen LogP) is 2.94. The second kappa shape index (κ2) is 5.22. The van der Waals surface area contributed by atoms with Crippen LogP contribution >= 0.6 is 0 Å². The van der Waals surface area contributed by atoms with Gasteiger partial charge in [-0.1, -0.05) is 13.8 Å². The molecule has 2 atom stereocenters. The molecule has 1 heterocycles. The SMILES string of the molecule is CC1CCN(c2c(F)cc(CO)cc2F)CC1C. The van der Waals surface area contributed by atoms with E-state index in [1.54, 1.807) is 4.90 Å². The summed E-state index contributed by atoms with van der Waals surface area (Å²) < 4.78 is 27.8. The first kappa shape index (κ1) is 13.3. The highest BCUT2D eigenvalue weighted by Gasteiger charge is 2.26. The van der Waals surface area contributed by atoms with Crippen LogP contribution in [0.4, 0.5) is 14.5 Å². The number of halogens is 2. The molecule has 1 fully saturated rings. The van der Waals surface area contributed by atoms with Crippen LogP contribution in [-0.2, 0) is 6.61 Å². The normalized spacial score (nSPS) is 24.4. The highest BCUT2D eigenvalue weighted by atomic mass is 19.1. The first-order chi connectivity index (χ1) is 8.52. The molecular weight excluding hydrogens is 236 g/mol. The van der Waals surface area contributed by atoms with E-state index in [0.29, 0.717) is 24.9 Å². The van der Waals surface area contributed by atoms with Crippen molar-refractivity contribution < 1.29 is 13.9 Å². The Kier molecular flexibility index (Phi) is 3.85. The zero-order chi connectivity index (χ0) is 13.3. The monoisotopic (exact) mass is 255 g/mol. The van der Waals surface area contributed by atoms with Gasteiger partial charge in [0.15, 0.2) is 0 Å². The van der Waals surface area contributed by atoms with Crippen LogP contribution < -0.4 is 4.90 Å². The zero-order valence-electron chi connectivity index (χ0n) is 10.8. The lowest BCUT2D eigenvalue weighted by Gasteiger charge is -2.37. The van der Waals surface area contributed by atoms with E-state index in [9.17, 15) is 8.78 Å². The molecule has 4 heteroatoms. The second-order valence-corrected chi connectivity index (χ2v) is 5.26. The third-order valence-corrected chi connectivity index (χ3v) is 3.91. The van der Waals surface area contributed by atoms with E-state index in [1.165, 1.54) is 12.1 Å². The summed E-state index contributed by atoms with van der Waals surface area (Å²) in [7, 11) is 0. The van der Waals surface area contributed by atoms with Gasteiger partial charge in [0.2, 0.25) is 0 Å². The quantitative estimate of drug-likeness (QED) is 0.878. The predicted molar refractivity (Wildman–Crippen MR) is 67.4 cm³/mol. The van der Waals surface area contributed by atoms with Crippen LogP contribution in [-0.4, -0.2) is 18.2 Å². The molecule has 0 amide bonds. The van der Waals surface area contributed by atoms with E-state index in [1.807, 2.05) is 0 Å². The molecule has 2 nitrogen and oxygen atoms in total. The summed E-state index contributed by atoms with van der Waals surface area (Å²) in [5, 5.41) is 8.92. The number of aliphatic hydroxyl groups is 1. The summed E-state index contributed by atoms with van der Waals surface area (Å²) in [6.07, 6.45) is 0.946. The fraction of sp³-hybridized carbons (Fsp3) is 0.571. The number of benzene rings is 1. The van der Waals surface area contributed by atoms with Gasteiger partial charge in [-0.05, 0) is 36.0 Å². The van der Waals surface area contributed by atoms with Gasteiger partial charge in [-0.2, -0.15) is 0 Å². The highest BCUT2D eigenvalue weighted by molar-refractivity contribution is 5.51. The van der Waals surface area contributed by atoms with Gasteiger partial charge in [0.05, 0.1) is 6.61 Å². The molecular formula is C14H19F2NO. The number of hydrogen-bond acceptors (Lipinski definition) is 2. The Morgan fingerprint density at radius 2 is 1.83 bits per heavy atom. The van der Waals surface area contributed by atoms with Gasteiger partial charge in [0, 0.05) is 13.1 Å². The van der Waals surface area contributed by atoms with Crippen molar-refractivity contribution >= 4 is 5.69 Å². The number of aliphatic hydroxyl groups excluding tert-OH is 1. The average Bonchev–Trinajstić information content (AvgIpc) is 2.32. The van der Waals surface area contributed by atoms with Crippen LogP contribution in [0.5, 0.6) is 0 Å². The van der Waals surface area contributed by atoms with E-state index in [2.05, 4.69) is 13.8 Å². The lowest BCUT2D eigenvalue weighted by molar-refractivity contribution is 0.280. The highest BCUT2D eigenvalue weighted by Crippen LogP contribution is 2.31. The standard InChI is InChI=1S/C14H19F2NO/c1-9-3-4-17(7-10(9)2)14-12(15)5-11(8-18)6-13(14)16/h5-6,9-10,18H,3-4,7-8H2,1-2H3. The van der Waals surface area contributed by atoms with Gasteiger partial charge in [-0.15, -0.1) is 0 Å². The molecule has 1 aliphatic heterocycles. The van der Waals surface area contributed by atoms with Crippen molar-refractivity contribution in [2.75, 3.05) is 18.0 Å². The minimum absolute atomic E-state index is 0.0472. The van der Waals surface area contributed by atoms with E-state index in [0.717, 1.165) is 6.42 Å². The fourth-order valence-electron chi connectivity index (χ4n) is 2.48. The maximum absolute atomic E-state index is 13.9. The number of hydrogen-bond donors (Lipinski definition) is 1. The number of piperidine rings is 1. The molecule has 2 unspecified atom stereocenters. The van der Waals surface area contributed by atoms with Gasteiger partial charge in [-0.25, -0.2) is 8.78 Å². The molecule has 0 saturated carbocycles. The molecule has 0 aliphatic carbocycles. The molecule has 2 rings (SSSR count). The third-order valence-electron chi connectivity index (χ3n) is 3.91. The smallest absolute Gasteiger partial charge is 0.149 e. The molecule has 0 radical (unpaired) electrons. The molecule has 18 heavy (non-hydrogen) atoms. The molecule has 1 N–H and O–H groups in total. The molecule has 0 bridgehead atoms. The summed E-state index contributed by atoms with van der Waals surface area (Å²) in [4.78, 5) is 1.77. The number of rotatable bonds is 2. The molecule has 0 aromatic heterocycles. The minimum Gasteiger partial charge on any atom is -0.392 e. The van der Waals surface area contributed by atoms with Crippen LogP contribution in [0.25, 0.3) is 0 Å². The number of anilines is 1. The van der Waals surface area contributed by atoms with E-state index >= 15 is 0 Å². The van der Waals surface area contributed by atoms with Crippen LogP contribution in [0.1, 0.15) is 25.8 Å². The van der Waals surface area contributed by atoms with Crippen LogP contribution in [0.15, 0.2) is 12.1 Å². The maximum atomic E-state index is 13.9. The maximum Gasteiger partial charge on any atom is 0.149 e. The first-order valence-electron chi connectivity index (χ1n) is 6.36. The molecule has 1 aliphatic rings. The van der Waals surface area contributed by atoms with Crippen molar-refractivity contribution in [2.45, 2.75) is 26.9 Å². The molecule has 0 spiro atoms. The van der Waals surface area contributed by atoms with Crippen LogP contribution in [0.2, 0.25) is 0 Å². The van der Waals surface area contributed by atoms with Gasteiger partial charge in [0.25, 0.3) is 0 Å². The van der Waals surface area contributed by atoms with Crippen molar-refractivity contribution in [3.05, 3.63) is 29.3 Å².